The summed E-state index contributed by atoms with van der Waals surface area (Å²) in [6.07, 6.45) is 1.08. The number of nitrogens with zero attached hydrogens (tertiary/aromatic N) is 2. The van der Waals surface area contributed by atoms with Crippen LogP contribution >= 0.6 is 0 Å². The topological polar surface area (TPSA) is 57.7 Å². The number of rotatable bonds is 2. The molecule has 0 aromatic rings. The van der Waals surface area contributed by atoms with Crippen molar-refractivity contribution in [2.75, 3.05) is 31.9 Å². The van der Waals surface area contributed by atoms with Crippen LogP contribution < -0.4 is 0 Å². The van der Waals surface area contributed by atoms with Gasteiger partial charge in [-0.05, 0) is 32.1 Å². The highest BCUT2D eigenvalue weighted by Gasteiger charge is 2.41. The van der Waals surface area contributed by atoms with Gasteiger partial charge in [0, 0.05) is 42.7 Å². The van der Waals surface area contributed by atoms with Gasteiger partial charge in [0.25, 0.3) is 10.2 Å². The molecule has 20 heavy (non-hydrogen) atoms. The molecule has 0 aliphatic carbocycles. The summed E-state index contributed by atoms with van der Waals surface area (Å²) < 4.78 is 40.2. The molecule has 3 atom stereocenters. The molecule has 0 amide bonds. The van der Waals surface area contributed by atoms with Gasteiger partial charge in [-0.1, -0.05) is 13.8 Å². The van der Waals surface area contributed by atoms with Crippen LogP contribution in [0, 0.1) is 11.8 Å². The molecule has 2 aliphatic rings. The Hall–Kier alpha value is 0.0200. The summed E-state index contributed by atoms with van der Waals surface area (Å²) in [5.74, 6) is 1.24. The van der Waals surface area contributed by atoms with E-state index in [1.54, 1.807) is 4.31 Å². The quantitative estimate of drug-likeness (QED) is 0.763. The Kier molecular flexibility index (Phi) is 4.64. The second-order valence-electron chi connectivity index (χ2n) is 6.91. The van der Waals surface area contributed by atoms with E-state index in [1.807, 2.05) is 13.8 Å². The van der Waals surface area contributed by atoms with Crippen molar-refractivity contribution < 1.29 is 12.6 Å². The van der Waals surface area contributed by atoms with Crippen LogP contribution in [-0.2, 0) is 21.0 Å². The molecule has 118 valence electrons. The molecule has 0 aromatic carbocycles. The average Bonchev–Trinajstić information content (AvgIpc) is 2.31. The molecule has 2 fully saturated rings. The highest BCUT2D eigenvalue weighted by Crippen LogP contribution is 2.28. The normalized spacial score (nSPS) is 36.9. The Bertz CT molecular complexity index is 480. The molecule has 5 nitrogen and oxygen atoms in total. The smallest absolute Gasteiger partial charge is 0.259 e. The van der Waals surface area contributed by atoms with Crippen molar-refractivity contribution in [3.05, 3.63) is 0 Å². The van der Waals surface area contributed by atoms with Crippen LogP contribution in [0.2, 0.25) is 0 Å². The lowest BCUT2D eigenvalue weighted by atomic mass is 9.94. The van der Waals surface area contributed by atoms with Gasteiger partial charge in [-0.2, -0.15) is 17.0 Å². The van der Waals surface area contributed by atoms with Crippen molar-refractivity contribution in [1.29, 1.82) is 0 Å². The van der Waals surface area contributed by atoms with Crippen LogP contribution in [0.4, 0.5) is 0 Å². The van der Waals surface area contributed by atoms with Gasteiger partial charge < -0.3 is 0 Å². The van der Waals surface area contributed by atoms with Crippen molar-refractivity contribution >= 4 is 21.0 Å². The van der Waals surface area contributed by atoms with Crippen LogP contribution in [-0.4, -0.2) is 57.9 Å². The van der Waals surface area contributed by atoms with Crippen molar-refractivity contribution in [3.63, 3.8) is 0 Å². The van der Waals surface area contributed by atoms with E-state index >= 15 is 0 Å². The number of piperidine rings is 1. The molecule has 2 rings (SSSR count). The predicted molar refractivity (Wildman–Crippen MR) is 82.1 cm³/mol. The Morgan fingerprint density at radius 3 is 2.15 bits per heavy atom. The second-order valence-corrected chi connectivity index (χ2v) is 11.0. The summed E-state index contributed by atoms with van der Waals surface area (Å²) in [5.41, 5.74) is 0. The molecule has 2 heterocycles. The number of hydrogen-bond acceptors (Lipinski definition) is 3. The first-order chi connectivity index (χ1) is 9.13. The Balaban J connectivity index is 2.16. The van der Waals surface area contributed by atoms with E-state index < -0.39 is 25.8 Å². The first kappa shape index (κ1) is 16.4. The van der Waals surface area contributed by atoms with Gasteiger partial charge in [-0.25, -0.2) is 0 Å². The third kappa shape index (κ3) is 3.26. The zero-order chi connectivity index (χ0) is 15.1. The minimum Gasteiger partial charge on any atom is -0.259 e. The van der Waals surface area contributed by atoms with Crippen LogP contribution in [0.3, 0.4) is 0 Å². The summed E-state index contributed by atoms with van der Waals surface area (Å²) in [6.45, 7) is 9.90. The largest absolute Gasteiger partial charge is 0.282 e. The van der Waals surface area contributed by atoms with E-state index in [2.05, 4.69) is 13.8 Å². The highest BCUT2D eigenvalue weighted by atomic mass is 32.2. The molecule has 0 radical (unpaired) electrons. The maximum atomic E-state index is 12.8. The zero-order valence-electron chi connectivity index (χ0n) is 12.8. The second kappa shape index (κ2) is 5.66. The zero-order valence-corrected chi connectivity index (χ0v) is 14.5. The molecule has 7 heteroatoms. The Morgan fingerprint density at radius 2 is 1.65 bits per heavy atom. The van der Waals surface area contributed by atoms with E-state index in [4.69, 9.17) is 0 Å². The fourth-order valence-corrected chi connectivity index (χ4v) is 6.65. The summed E-state index contributed by atoms with van der Waals surface area (Å²) in [7, 11) is -4.36. The minimum absolute atomic E-state index is 0.348. The van der Waals surface area contributed by atoms with E-state index in [0.717, 1.165) is 6.42 Å². The van der Waals surface area contributed by atoms with E-state index in [1.165, 1.54) is 4.31 Å². The van der Waals surface area contributed by atoms with Gasteiger partial charge in [0.2, 0.25) is 0 Å². The first-order valence-electron chi connectivity index (χ1n) is 7.26. The highest BCUT2D eigenvalue weighted by molar-refractivity contribution is 7.88. The van der Waals surface area contributed by atoms with Gasteiger partial charge in [-0.15, -0.1) is 0 Å². The Labute approximate surface area is 125 Å². The standard InChI is InChI=1S/C13H26N2O3S2/c1-11-7-12(2)9-15(8-11)20(17,18)14-5-6-19(16)13(3,4)10-14/h11-12H,5-10H2,1-4H3. The lowest BCUT2D eigenvalue weighted by Crippen LogP contribution is -2.57. The van der Waals surface area contributed by atoms with E-state index in [9.17, 15) is 12.6 Å². The molecule has 2 aliphatic heterocycles. The van der Waals surface area contributed by atoms with Crippen molar-refractivity contribution in [2.24, 2.45) is 11.8 Å². The first-order valence-corrected chi connectivity index (χ1v) is 9.98. The fourth-order valence-electron chi connectivity index (χ4n) is 3.19. The van der Waals surface area contributed by atoms with E-state index in [-0.39, 0.29) is 0 Å². The van der Waals surface area contributed by atoms with Crippen molar-refractivity contribution in [1.82, 2.24) is 8.61 Å². The molecule has 2 saturated heterocycles. The van der Waals surface area contributed by atoms with Crippen LogP contribution in [0.15, 0.2) is 0 Å². The predicted octanol–water partition coefficient (Wildman–Crippen LogP) is 1.05. The summed E-state index contributed by atoms with van der Waals surface area (Å²) in [5, 5.41) is 0. The lowest BCUT2D eigenvalue weighted by Gasteiger charge is -2.41. The summed E-state index contributed by atoms with van der Waals surface area (Å²) in [4.78, 5) is 0. The maximum Gasteiger partial charge on any atom is 0.282 e. The van der Waals surface area contributed by atoms with Crippen LogP contribution in [0.25, 0.3) is 0 Å². The van der Waals surface area contributed by atoms with Crippen LogP contribution in [0.5, 0.6) is 0 Å². The van der Waals surface area contributed by atoms with E-state index in [0.29, 0.717) is 43.8 Å². The van der Waals surface area contributed by atoms with Crippen molar-refractivity contribution in [3.8, 4) is 0 Å². The molecular formula is C13H26N2O3S2. The molecule has 0 N–H and O–H groups in total. The van der Waals surface area contributed by atoms with Gasteiger partial charge in [0.1, 0.15) is 0 Å². The Morgan fingerprint density at radius 1 is 1.10 bits per heavy atom. The SMILES string of the molecule is CC1CC(C)CN(S(=O)(=O)N2CCS(=O)C(C)(C)C2)C1. The van der Waals surface area contributed by atoms with Gasteiger partial charge in [0.05, 0.1) is 4.75 Å². The summed E-state index contributed by atoms with van der Waals surface area (Å²) in [6, 6.07) is 0. The monoisotopic (exact) mass is 322 g/mol. The molecular weight excluding hydrogens is 296 g/mol. The lowest BCUT2D eigenvalue weighted by molar-refractivity contribution is 0.207. The van der Waals surface area contributed by atoms with Crippen molar-refractivity contribution in [2.45, 2.75) is 38.9 Å². The third-order valence-corrected chi connectivity index (χ3v) is 8.02. The average molecular weight is 322 g/mol. The number of hydrogen-bond donors (Lipinski definition) is 0. The third-order valence-electron chi connectivity index (χ3n) is 4.19. The fraction of sp³-hybridized carbons (Fsp3) is 1.00. The molecule has 0 aromatic heterocycles. The molecule has 0 saturated carbocycles. The van der Waals surface area contributed by atoms with Gasteiger partial charge >= 0.3 is 0 Å². The van der Waals surface area contributed by atoms with Crippen LogP contribution in [0.1, 0.15) is 34.1 Å². The summed E-state index contributed by atoms with van der Waals surface area (Å²) >= 11 is 0. The molecule has 0 bridgehead atoms. The molecule has 3 unspecified atom stereocenters. The molecule has 0 spiro atoms. The minimum atomic E-state index is -3.41. The maximum absolute atomic E-state index is 12.8. The van der Waals surface area contributed by atoms with Gasteiger partial charge in [-0.3, -0.25) is 4.21 Å². The van der Waals surface area contributed by atoms with Gasteiger partial charge in [0.15, 0.2) is 0 Å².